The number of aryl methyl sites for hydroxylation is 2. The predicted molar refractivity (Wildman–Crippen MR) is 86.3 cm³/mol. The third-order valence-corrected chi connectivity index (χ3v) is 2.94. The quantitative estimate of drug-likeness (QED) is 0.459. The molecule has 1 rings (SSSR count). The van der Waals surface area contributed by atoms with Crippen molar-refractivity contribution in [2.24, 2.45) is 0 Å². The minimum Gasteiger partial charge on any atom is -0.463 e. The van der Waals surface area contributed by atoms with E-state index in [0.29, 0.717) is 12.2 Å². The zero-order chi connectivity index (χ0) is 16.5. The summed E-state index contributed by atoms with van der Waals surface area (Å²) in [4.78, 5) is 23.4. The lowest BCUT2D eigenvalue weighted by molar-refractivity contribution is -0.138. The standard InChI is InChI=1S/C18H22O4/c1-5-21-17(19)10-9-15(18(20)22-6-2)12-16-11-13(3)7-8-14(16)4/h7-12H,5-6H2,1-4H3/b10-9+,15-12+. The summed E-state index contributed by atoms with van der Waals surface area (Å²) in [6, 6.07) is 5.97. The molecular weight excluding hydrogens is 280 g/mol. The van der Waals surface area contributed by atoms with Gasteiger partial charge in [0.25, 0.3) is 0 Å². The summed E-state index contributed by atoms with van der Waals surface area (Å²) in [6.07, 6.45) is 4.38. The molecule has 0 spiro atoms. The topological polar surface area (TPSA) is 52.6 Å². The number of hydrogen-bond acceptors (Lipinski definition) is 4. The van der Waals surface area contributed by atoms with Gasteiger partial charge in [-0.25, -0.2) is 9.59 Å². The molecule has 0 amide bonds. The summed E-state index contributed by atoms with van der Waals surface area (Å²) in [7, 11) is 0. The summed E-state index contributed by atoms with van der Waals surface area (Å²) in [6.45, 7) is 7.97. The van der Waals surface area contributed by atoms with Crippen LogP contribution < -0.4 is 0 Å². The van der Waals surface area contributed by atoms with Gasteiger partial charge in [-0.3, -0.25) is 0 Å². The SMILES string of the molecule is CCOC(=O)/C=C/C(=C\c1cc(C)ccc1C)C(=O)OCC. The van der Waals surface area contributed by atoms with Crippen LogP contribution in [0.3, 0.4) is 0 Å². The van der Waals surface area contributed by atoms with E-state index in [1.165, 1.54) is 12.2 Å². The van der Waals surface area contributed by atoms with Crippen molar-refractivity contribution in [3.05, 3.63) is 52.6 Å². The summed E-state index contributed by atoms with van der Waals surface area (Å²) >= 11 is 0. The van der Waals surface area contributed by atoms with Gasteiger partial charge in [0.1, 0.15) is 0 Å². The van der Waals surface area contributed by atoms with Crippen LogP contribution in [0.2, 0.25) is 0 Å². The lowest BCUT2D eigenvalue weighted by Crippen LogP contribution is -2.07. The molecule has 0 heterocycles. The Morgan fingerprint density at radius 1 is 1.05 bits per heavy atom. The highest BCUT2D eigenvalue weighted by atomic mass is 16.5. The number of carbonyl (C=O) groups excluding carboxylic acids is 2. The molecule has 0 aliphatic rings. The molecule has 0 N–H and O–H groups in total. The number of hydrogen-bond donors (Lipinski definition) is 0. The fraction of sp³-hybridized carbons (Fsp3) is 0.333. The Kier molecular flexibility index (Phi) is 7.09. The number of rotatable bonds is 6. The third kappa shape index (κ3) is 5.56. The molecule has 0 fully saturated rings. The fourth-order valence-corrected chi connectivity index (χ4v) is 1.82. The summed E-state index contributed by atoms with van der Waals surface area (Å²) < 4.78 is 9.85. The van der Waals surface area contributed by atoms with Crippen LogP contribution in [-0.4, -0.2) is 25.2 Å². The maximum Gasteiger partial charge on any atom is 0.338 e. The Morgan fingerprint density at radius 2 is 1.73 bits per heavy atom. The second kappa shape index (κ2) is 8.82. The Balaban J connectivity index is 3.14. The minimum atomic E-state index is -0.487. The van der Waals surface area contributed by atoms with Gasteiger partial charge in [-0.2, -0.15) is 0 Å². The van der Waals surface area contributed by atoms with Crippen molar-refractivity contribution in [1.29, 1.82) is 0 Å². The Bertz CT molecular complexity index is 597. The van der Waals surface area contributed by atoms with Crippen LogP contribution in [0.1, 0.15) is 30.5 Å². The van der Waals surface area contributed by atoms with Crippen molar-refractivity contribution in [3.63, 3.8) is 0 Å². The third-order valence-electron chi connectivity index (χ3n) is 2.94. The molecule has 0 saturated carbocycles. The second-order valence-corrected chi connectivity index (χ2v) is 4.77. The summed E-state index contributed by atoms with van der Waals surface area (Å²) in [5, 5.41) is 0. The van der Waals surface area contributed by atoms with E-state index in [4.69, 9.17) is 9.47 Å². The van der Waals surface area contributed by atoms with Gasteiger partial charge in [-0.05, 0) is 51.0 Å². The van der Waals surface area contributed by atoms with Gasteiger partial charge in [0.05, 0.1) is 18.8 Å². The molecule has 0 unspecified atom stereocenters. The Hall–Kier alpha value is -2.36. The van der Waals surface area contributed by atoms with E-state index in [9.17, 15) is 9.59 Å². The average molecular weight is 302 g/mol. The maximum atomic E-state index is 12.0. The van der Waals surface area contributed by atoms with E-state index in [1.807, 2.05) is 32.0 Å². The minimum absolute atomic E-state index is 0.274. The van der Waals surface area contributed by atoms with E-state index in [1.54, 1.807) is 19.9 Å². The lowest BCUT2D eigenvalue weighted by atomic mass is 10.0. The fourth-order valence-electron chi connectivity index (χ4n) is 1.82. The molecule has 0 saturated heterocycles. The van der Waals surface area contributed by atoms with E-state index in [-0.39, 0.29) is 6.61 Å². The number of ether oxygens (including phenoxy) is 2. The zero-order valence-electron chi connectivity index (χ0n) is 13.5. The predicted octanol–water partition coefficient (Wildman–Crippen LogP) is 3.37. The first kappa shape index (κ1) is 17.7. The van der Waals surface area contributed by atoms with Crippen molar-refractivity contribution in [2.75, 3.05) is 13.2 Å². The summed E-state index contributed by atoms with van der Waals surface area (Å²) in [5.74, 6) is -0.956. The molecular formula is C18H22O4. The molecule has 0 aliphatic heterocycles. The smallest absolute Gasteiger partial charge is 0.338 e. The van der Waals surface area contributed by atoms with Crippen molar-refractivity contribution in [2.45, 2.75) is 27.7 Å². The number of carbonyl (C=O) groups is 2. The first-order valence-electron chi connectivity index (χ1n) is 7.28. The van der Waals surface area contributed by atoms with Gasteiger partial charge < -0.3 is 9.47 Å². The molecule has 1 aromatic carbocycles. The first-order chi connectivity index (χ1) is 10.5. The van der Waals surface area contributed by atoms with Crippen molar-refractivity contribution in [1.82, 2.24) is 0 Å². The highest BCUT2D eigenvalue weighted by Crippen LogP contribution is 2.16. The molecule has 22 heavy (non-hydrogen) atoms. The van der Waals surface area contributed by atoms with E-state index < -0.39 is 11.9 Å². The molecule has 4 heteroatoms. The van der Waals surface area contributed by atoms with E-state index in [0.717, 1.165) is 16.7 Å². The van der Waals surface area contributed by atoms with Gasteiger partial charge >= 0.3 is 11.9 Å². The Morgan fingerprint density at radius 3 is 2.36 bits per heavy atom. The largest absolute Gasteiger partial charge is 0.463 e. The maximum absolute atomic E-state index is 12.0. The van der Waals surface area contributed by atoms with E-state index >= 15 is 0 Å². The van der Waals surface area contributed by atoms with Crippen LogP contribution in [0, 0.1) is 13.8 Å². The molecule has 0 radical (unpaired) electrons. The van der Waals surface area contributed by atoms with Crippen molar-refractivity contribution >= 4 is 18.0 Å². The van der Waals surface area contributed by atoms with Crippen LogP contribution in [-0.2, 0) is 19.1 Å². The highest BCUT2D eigenvalue weighted by Gasteiger charge is 2.09. The van der Waals surface area contributed by atoms with Crippen molar-refractivity contribution in [3.8, 4) is 0 Å². The molecule has 0 bridgehead atoms. The van der Waals surface area contributed by atoms with Crippen LogP contribution in [0.25, 0.3) is 6.08 Å². The van der Waals surface area contributed by atoms with Crippen LogP contribution in [0.4, 0.5) is 0 Å². The molecule has 0 aromatic heterocycles. The molecule has 4 nitrogen and oxygen atoms in total. The van der Waals surface area contributed by atoms with Gasteiger partial charge in [-0.1, -0.05) is 23.8 Å². The highest BCUT2D eigenvalue weighted by molar-refractivity contribution is 5.98. The van der Waals surface area contributed by atoms with Gasteiger partial charge in [0.2, 0.25) is 0 Å². The Labute approximate surface area is 131 Å². The monoisotopic (exact) mass is 302 g/mol. The zero-order valence-corrected chi connectivity index (χ0v) is 13.5. The first-order valence-corrected chi connectivity index (χ1v) is 7.28. The van der Waals surface area contributed by atoms with E-state index in [2.05, 4.69) is 0 Å². The van der Waals surface area contributed by atoms with Gasteiger partial charge in [-0.15, -0.1) is 0 Å². The van der Waals surface area contributed by atoms with Crippen LogP contribution in [0.15, 0.2) is 35.9 Å². The van der Waals surface area contributed by atoms with Crippen LogP contribution >= 0.6 is 0 Å². The van der Waals surface area contributed by atoms with Crippen molar-refractivity contribution < 1.29 is 19.1 Å². The summed E-state index contributed by atoms with van der Waals surface area (Å²) in [5.41, 5.74) is 3.35. The van der Waals surface area contributed by atoms with Crippen LogP contribution in [0.5, 0.6) is 0 Å². The molecule has 1 aromatic rings. The average Bonchev–Trinajstić information content (AvgIpc) is 2.47. The molecule has 0 atom stereocenters. The van der Waals surface area contributed by atoms with Gasteiger partial charge in [0.15, 0.2) is 0 Å². The second-order valence-electron chi connectivity index (χ2n) is 4.77. The molecule has 0 aliphatic carbocycles. The lowest BCUT2D eigenvalue weighted by Gasteiger charge is -2.06. The van der Waals surface area contributed by atoms with Gasteiger partial charge in [0, 0.05) is 6.08 Å². The normalized spacial score (nSPS) is 11.5. The molecule has 118 valence electrons. The number of benzene rings is 1. The number of esters is 2.